The Morgan fingerprint density at radius 2 is 2.12 bits per heavy atom. The zero-order valence-electron chi connectivity index (χ0n) is 9.44. The number of para-hydroxylation sites is 1. The number of aromatic nitrogens is 1. The van der Waals surface area contributed by atoms with Gasteiger partial charge in [-0.15, -0.1) is 24.0 Å². The van der Waals surface area contributed by atoms with Crippen molar-refractivity contribution in [3.8, 4) is 0 Å². The molecule has 2 aromatic rings. The molecule has 0 spiro atoms. The second kappa shape index (κ2) is 4.47. The van der Waals surface area contributed by atoms with Crippen LogP contribution in [0.15, 0.2) is 22.5 Å². The minimum absolute atomic E-state index is 0.183. The van der Waals surface area contributed by atoms with E-state index >= 15 is 0 Å². The molecule has 0 bridgehead atoms. The summed E-state index contributed by atoms with van der Waals surface area (Å²) in [6.07, 6.45) is 0. The number of fused-ring (bicyclic) bond motifs is 1. The fourth-order valence-corrected chi connectivity index (χ4v) is 2.94. The summed E-state index contributed by atoms with van der Waals surface area (Å²) in [6.45, 7) is 6.53. The van der Waals surface area contributed by atoms with E-state index in [1.165, 1.54) is 4.70 Å². The van der Waals surface area contributed by atoms with Gasteiger partial charge in [0, 0.05) is 4.75 Å². The highest BCUT2D eigenvalue weighted by atomic mass is 32.2. The van der Waals surface area contributed by atoms with Crippen molar-refractivity contribution in [3.05, 3.63) is 18.2 Å². The van der Waals surface area contributed by atoms with Crippen LogP contribution in [-0.4, -0.2) is 9.73 Å². The maximum atomic E-state index is 4.42. The third-order valence-corrected chi connectivity index (χ3v) is 4.01. The Balaban J connectivity index is 2.30. The summed E-state index contributed by atoms with van der Waals surface area (Å²) in [5, 5.41) is 0. The van der Waals surface area contributed by atoms with Crippen LogP contribution in [0, 0.1) is 0 Å². The largest absolute Gasteiger partial charge is 0.327 e. The van der Waals surface area contributed by atoms with Crippen molar-refractivity contribution in [2.45, 2.75) is 29.9 Å². The number of nitrogens with one attached hydrogen (secondary N) is 1. The fraction of sp³-hybridized carbons (Fsp3) is 0.364. The first-order chi connectivity index (χ1) is 7.46. The molecule has 2 rings (SSSR count). The van der Waals surface area contributed by atoms with E-state index < -0.39 is 0 Å². The van der Waals surface area contributed by atoms with Crippen LogP contribution in [0.5, 0.6) is 0 Å². The number of anilines is 1. The third-order valence-electron chi connectivity index (χ3n) is 1.87. The predicted molar refractivity (Wildman–Crippen MR) is 77.8 cm³/mol. The number of hydrogen-bond donors (Lipinski definition) is 2. The lowest BCUT2D eigenvalue weighted by Gasteiger charge is -2.18. The first-order valence-corrected chi connectivity index (χ1v) is 7.06. The molecule has 0 radical (unpaired) electrons. The minimum Gasteiger partial charge on any atom is -0.327 e. The van der Waals surface area contributed by atoms with Crippen LogP contribution in [-0.2, 0) is 0 Å². The molecule has 0 aliphatic heterocycles. The normalized spacial score (nSPS) is 12.0. The van der Waals surface area contributed by atoms with Crippen LogP contribution >= 0.6 is 35.9 Å². The molecule has 0 amide bonds. The molecule has 0 aliphatic carbocycles. The first kappa shape index (κ1) is 12.1. The maximum Gasteiger partial charge on any atom is 0.148 e. The monoisotopic (exact) mass is 270 g/mol. The SMILES string of the molecule is CC(C)(C)SNc1cccc2sc(S)nc12. The van der Waals surface area contributed by atoms with Crippen molar-refractivity contribution in [1.29, 1.82) is 0 Å². The summed E-state index contributed by atoms with van der Waals surface area (Å²) in [5.74, 6) is 0. The van der Waals surface area contributed by atoms with Gasteiger partial charge in [-0.1, -0.05) is 6.07 Å². The predicted octanol–water partition coefficient (Wildman–Crippen LogP) is 4.44. The average molecular weight is 270 g/mol. The quantitative estimate of drug-likeness (QED) is 0.623. The van der Waals surface area contributed by atoms with Gasteiger partial charge in [0.1, 0.15) is 9.86 Å². The van der Waals surface area contributed by atoms with Crippen molar-refractivity contribution in [3.63, 3.8) is 0 Å². The molecule has 5 heteroatoms. The van der Waals surface area contributed by atoms with Gasteiger partial charge in [0.2, 0.25) is 0 Å². The van der Waals surface area contributed by atoms with E-state index in [0.717, 1.165) is 15.5 Å². The molecule has 0 saturated carbocycles. The average Bonchev–Trinajstić information content (AvgIpc) is 2.54. The molecule has 86 valence electrons. The van der Waals surface area contributed by atoms with Gasteiger partial charge in [-0.2, -0.15) is 0 Å². The molecular formula is C11H14N2S3. The summed E-state index contributed by atoms with van der Waals surface area (Å²) in [6, 6.07) is 6.16. The third kappa shape index (κ3) is 2.84. The molecule has 1 N–H and O–H groups in total. The molecule has 0 unspecified atom stereocenters. The molecule has 1 aromatic carbocycles. The summed E-state index contributed by atoms with van der Waals surface area (Å²) in [4.78, 5) is 4.42. The van der Waals surface area contributed by atoms with Crippen LogP contribution in [0.2, 0.25) is 0 Å². The molecule has 2 nitrogen and oxygen atoms in total. The number of nitrogens with zero attached hydrogens (tertiary/aromatic N) is 1. The van der Waals surface area contributed by atoms with E-state index in [4.69, 9.17) is 0 Å². The van der Waals surface area contributed by atoms with E-state index in [1.807, 2.05) is 12.1 Å². The number of benzene rings is 1. The van der Waals surface area contributed by atoms with E-state index in [2.05, 4.69) is 49.2 Å². The number of hydrogen-bond acceptors (Lipinski definition) is 5. The Morgan fingerprint density at radius 1 is 1.38 bits per heavy atom. The van der Waals surface area contributed by atoms with Gasteiger partial charge in [-0.25, -0.2) is 4.98 Å². The van der Waals surface area contributed by atoms with Gasteiger partial charge in [0.15, 0.2) is 0 Å². The highest BCUT2D eigenvalue weighted by Gasteiger charge is 2.12. The summed E-state index contributed by atoms with van der Waals surface area (Å²) < 4.78 is 5.53. The zero-order valence-corrected chi connectivity index (χ0v) is 12.0. The van der Waals surface area contributed by atoms with Gasteiger partial charge in [-0.3, -0.25) is 0 Å². The molecule has 1 heterocycles. The molecule has 0 aliphatic rings. The Hall–Kier alpha value is -0.390. The standard InChI is InChI=1S/C11H14N2S3/c1-11(2,3)16-13-7-5-4-6-8-9(7)12-10(14)15-8/h4-6,13H,1-3H3,(H,12,14). The van der Waals surface area contributed by atoms with Gasteiger partial charge in [0.25, 0.3) is 0 Å². The minimum atomic E-state index is 0.183. The Labute approximate surface area is 109 Å². The molecule has 0 fully saturated rings. The summed E-state index contributed by atoms with van der Waals surface area (Å²) in [7, 11) is 0. The molecular weight excluding hydrogens is 256 g/mol. The second-order valence-electron chi connectivity index (χ2n) is 4.47. The number of rotatable bonds is 2. The van der Waals surface area contributed by atoms with E-state index in [-0.39, 0.29) is 4.75 Å². The Morgan fingerprint density at radius 3 is 2.81 bits per heavy atom. The van der Waals surface area contributed by atoms with Gasteiger partial charge in [-0.05, 0) is 44.9 Å². The number of thiol groups is 1. The molecule has 16 heavy (non-hydrogen) atoms. The lowest BCUT2D eigenvalue weighted by molar-refractivity contribution is 0.806. The van der Waals surface area contributed by atoms with Crippen LogP contribution in [0.3, 0.4) is 0 Å². The van der Waals surface area contributed by atoms with Crippen LogP contribution in [0.1, 0.15) is 20.8 Å². The van der Waals surface area contributed by atoms with Crippen LogP contribution < -0.4 is 4.72 Å². The molecule has 0 atom stereocenters. The van der Waals surface area contributed by atoms with Gasteiger partial charge >= 0.3 is 0 Å². The van der Waals surface area contributed by atoms with E-state index in [1.54, 1.807) is 23.3 Å². The van der Waals surface area contributed by atoms with Crippen molar-refractivity contribution in [2.75, 3.05) is 4.72 Å². The molecule has 0 saturated heterocycles. The second-order valence-corrected chi connectivity index (χ2v) is 7.86. The number of thiazole rings is 1. The first-order valence-electron chi connectivity index (χ1n) is 4.98. The van der Waals surface area contributed by atoms with Crippen LogP contribution in [0.25, 0.3) is 10.2 Å². The van der Waals surface area contributed by atoms with E-state index in [9.17, 15) is 0 Å². The maximum absolute atomic E-state index is 4.42. The fourth-order valence-electron chi connectivity index (χ4n) is 1.23. The smallest absolute Gasteiger partial charge is 0.148 e. The van der Waals surface area contributed by atoms with Crippen molar-refractivity contribution >= 4 is 51.8 Å². The zero-order chi connectivity index (χ0) is 11.8. The summed E-state index contributed by atoms with van der Waals surface area (Å²) in [5.41, 5.74) is 2.07. The lowest BCUT2D eigenvalue weighted by Crippen LogP contribution is -2.10. The highest BCUT2D eigenvalue weighted by Crippen LogP contribution is 2.33. The molecule has 1 aromatic heterocycles. The van der Waals surface area contributed by atoms with Crippen LogP contribution in [0.4, 0.5) is 5.69 Å². The topological polar surface area (TPSA) is 24.9 Å². The van der Waals surface area contributed by atoms with E-state index in [0.29, 0.717) is 0 Å². The Bertz CT molecular complexity index is 499. The lowest BCUT2D eigenvalue weighted by atomic mass is 10.3. The highest BCUT2D eigenvalue weighted by molar-refractivity contribution is 8.01. The van der Waals surface area contributed by atoms with Crippen molar-refractivity contribution in [2.24, 2.45) is 0 Å². The van der Waals surface area contributed by atoms with Gasteiger partial charge < -0.3 is 4.72 Å². The van der Waals surface area contributed by atoms with Crippen molar-refractivity contribution < 1.29 is 0 Å². The van der Waals surface area contributed by atoms with Gasteiger partial charge in [0.05, 0.1) is 10.4 Å². The van der Waals surface area contributed by atoms with Crippen molar-refractivity contribution in [1.82, 2.24) is 4.98 Å². The summed E-state index contributed by atoms with van der Waals surface area (Å²) >= 11 is 7.59. The Kier molecular flexibility index (Phi) is 3.37.